The molecule has 3 rings (SSSR count). The fourth-order valence-electron chi connectivity index (χ4n) is 5.85. The molecule has 160 valence electrons. The van der Waals surface area contributed by atoms with Crippen molar-refractivity contribution in [1.82, 2.24) is 9.80 Å². The second-order valence-electron chi connectivity index (χ2n) is 8.97. The number of piperidine rings is 1. The Bertz CT molecular complexity index is 504. The maximum atomic E-state index is 12.7. The molecule has 1 heterocycles. The molecule has 1 saturated heterocycles. The van der Waals surface area contributed by atoms with E-state index in [9.17, 15) is 9.90 Å². The van der Waals surface area contributed by atoms with E-state index in [0.717, 1.165) is 52.0 Å². The SMILES string of the molecule is C=CC1CCCCC1N(C(=O)CO)C1CCN([C@H]2CC[C@@H](COCC)C2)CC1. The summed E-state index contributed by atoms with van der Waals surface area (Å²) in [6.45, 7) is 9.57. The number of hydrogen-bond acceptors (Lipinski definition) is 4. The molecule has 2 unspecified atom stereocenters. The van der Waals surface area contributed by atoms with Crippen LogP contribution in [-0.4, -0.2) is 71.8 Å². The second kappa shape index (κ2) is 10.7. The van der Waals surface area contributed by atoms with E-state index < -0.39 is 0 Å². The van der Waals surface area contributed by atoms with Crippen LogP contribution in [0.1, 0.15) is 64.7 Å². The summed E-state index contributed by atoms with van der Waals surface area (Å²) in [6, 6.07) is 1.18. The molecule has 28 heavy (non-hydrogen) atoms. The molecule has 0 radical (unpaired) electrons. The molecule has 3 fully saturated rings. The lowest BCUT2D eigenvalue weighted by Gasteiger charge is -2.46. The van der Waals surface area contributed by atoms with E-state index in [-0.39, 0.29) is 24.6 Å². The van der Waals surface area contributed by atoms with Crippen LogP contribution in [0.5, 0.6) is 0 Å². The van der Waals surface area contributed by atoms with Crippen LogP contribution in [0.15, 0.2) is 12.7 Å². The molecular weight excluding hydrogens is 352 g/mol. The summed E-state index contributed by atoms with van der Waals surface area (Å²) in [5.41, 5.74) is 0. The van der Waals surface area contributed by atoms with E-state index in [1.54, 1.807) is 0 Å². The molecule has 1 amide bonds. The van der Waals surface area contributed by atoms with Crippen LogP contribution in [0, 0.1) is 11.8 Å². The van der Waals surface area contributed by atoms with Crippen molar-refractivity contribution in [2.75, 3.05) is 32.9 Å². The second-order valence-corrected chi connectivity index (χ2v) is 8.97. The molecule has 5 heteroatoms. The van der Waals surface area contributed by atoms with Crippen molar-refractivity contribution < 1.29 is 14.6 Å². The Hall–Kier alpha value is -0.910. The Morgan fingerprint density at radius 2 is 1.93 bits per heavy atom. The van der Waals surface area contributed by atoms with E-state index in [2.05, 4.69) is 23.3 Å². The molecule has 0 aromatic heterocycles. The first-order chi connectivity index (χ1) is 13.7. The lowest BCUT2D eigenvalue weighted by Crippen LogP contribution is -2.55. The number of rotatable bonds is 8. The van der Waals surface area contributed by atoms with Crippen LogP contribution in [-0.2, 0) is 9.53 Å². The van der Waals surface area contributed by atoms with Crippen LogP contribution < -0.4 is 0 Å². The number of likely N-dealkylation sites (tertiary alicyclic amines) is 1. The summed E-state index contributed by atoms with van der Waals surface area (Å²) in [7, 11) is 0. The van der Waals surface area contributed by atoms with E-state index in [1.807, 2.05) is 6.08 Å². The molecule has 5 nitrogen and oxygen atoms in total. The fourth-order valence-corrected chi connectivity index (χ4v) is 5.85. The number of ether oxygens (including phenoxy) is 1. The van der Waals surface area contributed by atoms with Crippen LogP contribution in [0.2, 0.25) is 0 Å². The molecule has 4 atom stereocenters. The number of hydrogen-bond donors (Lipinski definition) is 1. The van der Waals surface area contributed by atoms with Crippen LogP contribution >= 0.6 is 0 Å². The molecule has 2 saturated carbocycles. The van der Waals surface area contributed by atoms with Gasteiger partial charge in [-0.05, 0) is 63.7 Å². The third kappa shape index (κ3) is 5.17. The van der Waals surface area contributed by atoms with Gasteiger partial charge in [0.05, 0.1) is 0 Å². The lowest BCUT2D eigenvalue weighted by atomic mass is 9.82. The van der Waals surface area contributed by atoms with Crippen molar-refractivity contribution in [3.05, 3.63) is 12.7 Å². The molecule has 0 bridgehead atoms. The van der Waals surface area contributed by atoms with Gasteiger partial charge in [0.15, 0.2) is 0 Å². The molecule has 0 spiro atoms. The zero-order valence-corrected chi connectivity index (χ0v) is 17.7. The van der Waals surface area contributed by atoms with Crippen molar-refractivity contribution in [2.45, 2.75) is 82.8 Å². The number of carbonyl (C=O) groups excluding carboxylic acids is 1. The molecule has 3 aliphatic rings. The number of amides is 1. The van der Waals surface area contributed by atoms with Crippen molar-refractivity contribution in [2.24, 2.45) is 11.8 Å². The summed E-state index contributed by atoms with van der Waals surface area (Å²) in [4.78, 5) is 17.4. The van der Waals surface area contributed by atoms with Crippen molar-refractivity contribution in [3.8, 4) is 0 Å². The van der Waals surface area contributed by atoms with Gasteiger partial charge in [-0.2, -0.15) is 0 Å². The fraction of sp³-hybridized carbons (Fsp3) is 0.870. The quantitative estimate of drug-likeness (QED) is 0.645. The number of aliphatic hydroxyl groups is 1. The summed E-state index contributed by atoms with van der Waals surface area (Å²) in [5.74, 6) is 0.997. The third-order valence-electron chi connectivity index (χ3n) is 7.34. The molecule has 1 N–H and O–H groups in total. The average molecular weight is 393 g/mol. The minimum absolute atomic E-state index is 0.0881. The van der Waals surface area contributed by atoms with E-state index in [0.29, 0.717) is 17.9 Å². The van der Waals surface area contributed by atoms with Crippen molar-refractivity contribution in [1.29, 1.82) is 0 Å². The Morgan fingerprint density at radius 3 is 2.61 bits per heavy atom. The molecule has 0 aromatic rings. The standard InChI is InChI=1S/C23H40N2O3/c1-3-19-7-5-6-8-22(19)25(23(27)16-26)20-11-13-24(14-12-20)21-10-9-18(15-21)17-28-4-2/h3,18-22,26H,1,4-17H2,2H3/t18-,19?,21+,22?/m1/s1. The summed E-state index contributed by atoms with van der Waals surface area (Å²) < 4.78 is 5.63. The zero-order valence-electron chi connectivity index (χ0n) is 17.7. The van der Waals surface area contributed by atoms with Gasteiger partial charge in [-0.1, -0.05) is 18.9 Å². The highest BCUT2D eigenvalue weighted by Crippen LogP contribution is 2.35. The van der Waals surface area contributed by atoms with Gasteiger partial charge in [-0.25, -0.2) is 0 Å². The van der Waals surface area contributed by atoms with Crippen LogP contribution in [0.4, 0.5) is 0 Å². The highest BCUT2D eigenvalue weighted by molar-refractivity contribution is 5.78. The Morgan fingerprint density at radius 1 is 1.18 bits per heavy atom. The number of carbonyl (C=O) groups is 1. The highest BCUT2D eigenvalue weighted by Gasteiger charge is 2.38. The van der Waals surface area contributed by atoms with Gasteiger partial charge in [-0.15, -0.1) is 6.58 Å². The summed E-state index contributed by atoms with van der Waals surface area (Å²) in [6.07, 6.45) is 12.5. The Kier molecular flexibility index (Phi) is 8.36. The van der Waals surface area contributed by atoms with Gasteiger partial charge in [0.2, 0.25) is 5.91 Å². The van der Waals surface area contributed by atoms with E-state index >= 15 is 0 Å². The van der Waals surface area contributed by atoms with Gasteiger partial charge >= 0.3 is 0 Å². The number of nitrogens with zero attached hydrogens (tertiary/aromatic N) is 2. The Labute approximate surface area is 171 Å². The van der Waals surface area contributed by atoms with Gasteiger partial charge in [0, 0.05) is 44.4 Å². The van der Waals surface area contributed by atoms with Gasteiger partial charge < -0.3 is 19.6 Å². The predicted octanol–water partition coefficient (Wildman–Crippen LogP) is 3.22. The van der Waals surface area contributed by atoms with E-state index in [4.69, 9.17) is 4.74 Å². The van der Waals surface area contributed by atoms with Crippen LogP contribution in [0.3, 0.4) is 0 Å². The molecular formula is C23H40N2O3. The highest BCUT2D eigenvalue weighted by atomic mass is 16.5. The minimum Gasteiger partial charge on any atom is -0.387 e. The zero-order chi connectivity index (χ0) is 19.9. The van der Waals surface area contributed by atoms with Crippen LogP contribution in [0.25, 0.3) is 0 Å². The van der Waals surface area contributed by atoms with E-state index in [1.165, 1.54) is 32.1 Å². The number of aliphatic hydroxyl groups excluding tert-OH is 1. The Balaban J connectivity index is 1.56. The maximum absolute atomic E-state index is 12.7. The first-order valence-corrected chi connectivity index (χ1v) is 11.5. The largest absolute Gasteiger partial charge is 0.387 e. The molecule has 2 aliphatic carbocycles. The smallest absolute Gasteiger partial charge is 0.248 e. The van der Waals surface area contributed by atoms with Crippen molar-refractivity contribution in [3.63, 3.8) is 0 Å². The van der Waals surface area contributed by atoms with Gasteiger partial charge in [0.25, 0.3) is 0 Å². The first kappa shape index (κ1) is 21.8. The minimum atomic E-state index is -0.373. The lowest BCUT2D eigenvalue weighted by molar-refractivity contribution is -0.142. The maximum Gasteiger partial charge on any atom is 0.248 e. The summed E-state index contributed by atoms with van der Waals surface area (Å²) >= 11 is 0. The molecule has 0 aromatic carbocycles. The predicted molar refractivity (Wildman–Crippen MR) is 112 cm³/mol. The van der Waals surface area contributed by atoms with Crippen molar-refractivity contribution >= 4 is 5.91 Å². The topological polar surface area (TPSA) is 53.0 Å². The monoisotopic (exact) mass is 392 g/mol. The average Bonchev–Trinajstić information content (AvgIpc) is 3.22. The first-order valence-electron chi connectivity index (χ1n) is 11.5. The normalized spacial score (nSPS) is 32.4. The van der Waals surface area contributed by atoms with Gasteiger partial charge in [-0.3, -0.25) is 4.79 Å². The molecule has 1 aliphatic heterocycles. The van der Waals surface area contributed by atoms with Gasteiger partial charge in [0.1, 0.15) is 6.61 Å². The summed E-state index contributed by atoms with van der Waals surface area (Å²) in [5, 5.41) is 9.61. The third-order valence-corrected chi connectivity index (χ3v) is 7.34.